The molecule has 1 aromatic rings. The van der Waals surface area contributed by atoms with Crippen molar-refractivity contribution in [2.24, 2.45) is 5.92 Å². The first-order chi connectivity index (χ1) is 9.08. The first-order valence-corrected chi connectivity index (χ1v) is 6.20. The Hall–Kier alpha value is -1.82. The molecule has 1 aromatic heterocycles. The van der Waals surface area contributed by atoms with Gasteiger partial charge in [-0.05, 0) is 18.9 Å². The van der Waals surface area contributed by atoms with E-state index in [1.807, 2.05) is 0 Å². The molecule has 1 fully saturated rings. The molecule has 0 aliphatic carbocycles. The molecule has 0 spiro atoms. The monoisotopic (exact) mass is 284 g/mol. The van der Waals surface area contributed by atoms with Crippen LogP contribution in [0.2, 0.25) is 5.15 Å². The lowest BCUT2D eigenvalue weighted by molar-refractivity contribution is -0.141. The van der Waals surface area contributed by atoms with Crippen LogP contribution in [0, 0.1) is 5.92 Å². The molecule has 0 bridgehead atoms. The molecular formula is C12H13ClN2O4. The highest BCUT2D eigenvalue weighted by Crippen LogP contribution is 2.19. The molecule has 6 nitrogen and oxygen atoms in total. The fraction of sp³-hybridized carbons (Fsp3) is 0.417. The van der Waals surface area contributed by atoms with E-state index in [1.165, 1.54) is 12.3 Å². The number of hydrogen-bond donors (Lipinski definition) is 1. The average Bonchev–Trinajstić information content (AvgIpc) is 2.78. The van der Waals surface area contributed by atoms with Crippen LogP contribution in [0.5, 0.6) is 0 Å². The van der Waals surface area contributed by atoms with E-state index in [0.29, 0.717) is 19.4 Å². The predicted octanol–water partition coefficient (Wildman–Crippen LogP) is 1.43. The fourth-order valence-corrected chi connectivity index (χ4v) is 1.86. The number of hydrogen-bond acceptors (Lipinski definition) is 6. The number of esters is 2. The Morgan fingerprint density at radius 2 is 2.42 bits per heavy atom. The second-order valence-corrected chi connectivity index (χ2v) is 4.54. The smallest absolute Gasteiger partial charge is 0.339 e. The zero-order chi connectivity index (χ0) is 13.8. The molecule has 19 heavy (non-hydrogen) atoms. The molecule has 2 heterocycles. The number of rotatable bonds is 4. The number of nitrogens with zero attached hydrogens (tertiary/aromatic N) is 1. The molecular weight excluding hydrogens is 272 g/mol. The summed E-state index contributed by atoms with van der Waals surface area (Å²) in [5.41, 5.74) is 5.99. The van der Waals surface area contributed by atoms with Gasteiger partial charge in [-0.2, -0.15) is 0 Å². The van der Waals surface area contributed by atoms with Crippen molar-refractivity contribution in [3.8, 4) is 0 Å². The van der Waals surface area contributed by atoms with Gasteiger partial charge in [-0.3, -0.25) is 4.79 Å². The standard InChI is InChI=1S/C12H13ClN2O4/c13-10-9(14)5-8(6-15-10)12(17)19-4-2-7-1-3-18-11(7)16/h5-7H,1-4,14H2/t7-/m1/s1. The Kier molecular flexibility index (Phi) is 4.21. The summed E-state index contributed by atoms with van der Waals surface area (Å²) in [6, 6.07) is 1.40. The van der Waals surface area contributed by atoms with Crippen molar-refractivity contribution in [3.63, 3.8) is 0 Å². The number of pyridine rings is 1. The summed E-state index contributed by atoms with van der Waals surface area (Å²) in [4.78, 5) is 26.6. The van der Waals surface area contributed by atoms with Gasteiger partial charge in [-0.25, -0.2) is 9.78 Å². The number of cyclic esters (lactones) is 1. The summed E-state index contributed by atoms with van der Waals surface area (Å²) in [5, 5.41) is 0.144. The molecule has 1 atom stereocenters. The first-order valence-electron chi connectivity index (χ1n) is 5.82. The van der Waals surface area contributed by atoms with Crippen LogP contribution >= 0.6 is 11.6 Å². The SMILES string of the molecule is Nc1cc(C(=O)OCC[C@H]2CCOC2=O)cnc1Cl. The van der Waals surface area contributed by atoms with Crippen molar-refractivity contribution in [1.29, 1.82) is 0 Å². The Labute approximate surface area is 114 Å². The lowest BCUT2D eigenvalue weighted by atomic mass is 10.1. The highest BCUT2D eigenvalue weighted by atomic mass is 35.5. The maximum Gasteiger partial charge on any atom is 0.339 e. The molecule has 0 saturated carbocycles. The minimum absolute atomic E-state index is 0.144. The van der Waals surface area contributed by atoms with Gasteiger partial charge < -0.3 is 15.2 Å². The van der Waals surface area contributed by atoms with Gasteiger partial charge >= 0.3 is 11.9 Å². The highest BCUT2D eigenvalue weighted by molar-refractivity contribution is 6.31. The third kappa shape index (κ3) is 3.35. The third-order valence-electron chi connectivity index (χ3n) is 2.85. The maximum atomic E-state index is 11.7. The van der Waals surface area contributed by atoms with Crippen LogP contribution in [0.25, 0.3) is 0 Å². The third-order valence-corrected chi connectivity index (χ3v) is 3.16. The summed E-state index contributed by atoms with van der Waals surface area (Å²) in [6.45, 7) is 0.593. The molecule has 7 heteroatoms. The summed E-state index contributed by atoms with van der Waals surface area (Å²) in [7, 11) is 0. The van der Waals surface area contributed by atoms with Gasteiger partial charge in [0.25, 0.3) is 0 Å². The molecule has 1 saturated heterocycles. The Balaban J connectivity index is 1.84. The van der Waals surface area contributed by atoms with Crippen LogP contribution in [-0.2, 0) is 14.3 Å². The van der Waals surface area contributed by atoms with Gasteiger partial charge in [0.2, 0.25) is 0 Å². The topological polar surface area (TPSA) is 91.5 Å². The molecule has 0 amide bonds. The van der Waals surface area contributed by atoms with E-state index < -0.39 is 5.97 Å². The van der Waals surface area contributed by atoms with Gasteiger partial charge in [0, 0.05) is 6.20 Å². The number of ether oxygens (including phenoxy) is 2. The second-order valence-electron chi connectivity index (χ2n) is 4.18. The van der Waals surface area contributed by atoms with Crippen LogP contribution in [0.4, 0.5) is 5.69 Å². The molecule has 102 valence electrons. The van der Waals surface area contributed by atoms with E-state index in [1.54, 1.807) is 0 Å². The van der Waals surface area contributed by atoms with Crippen LogP contribution in [0.15, 0.2) is 12.3 Å². The van der Waals surface area contributed by atoms with Crippen molar-refractivity contribution in [3.05, 3.63) is 23.0 Å². The van der Waals surface area contributed by atoms with Gasteiger partial charge in [-0.15, -0.1) is 0 Å². The highest BCUT2D eigenvalue weighted by Gasteiger charge is 2.26. The predicted molar refractivity (Wildman–Crippen MR) is 67.6 cm³/mol. The van der Waals surface area contributed by atoms with Gasteiger partial charge in [-0.1, -0.05) is 11.6 Å². The Morgan fingerprint density at radius 3 is 3.05 bits per heavy atom. The largest absolute Gasteiger partial charge is 0.465 e. The van der Waals surface area contributed by atoms with E-state index in [9.17, 15) is 9.59 Å². The number of nitrogens with two attached hydrogens (primary N) is 1. The number of nitrogen functional groups attached to an aromatic ring is 1. The summed E-state index contributed by atoms with van der Waals surface area (Å²) in [6.07, 6.45) is 2.43. The van der Waals surface area contributed by atoms with E-state index >= 15 is 0 Å². The van der Waals surface area contributed by atoms with Gasteiger partial charge in [0.1, 0.15) is 0 Å². The maximum absolute atomic E-state index is 11.7. The van der Waals surface area contributed by atoms with E-state index in [4.69, 9.17) is 26.8 Å². The first kappa shape index (κ1) is 13.6. The van der Waals surface area contributed by atoms with Gasteiger partial charge in [0.15, 0.2) is 5.15 Å². The zero-order valence-corrected chi connectivity index (χ0v) is 10.9. The van der Waals surface area contributed by atoms with Crippen molar-refractivity contribution in [2.75, 3.05) is 18.9 Å². The molecule has 0 aromatic carbocycles. The molecule has 2 rings (SSSR count). The number of carbonyl (C=O) groups is 2. The normalized spacial score (nSPS) is 18.2. The lowest BCUT2D eigenvalue weighted by Gasteiger charge is -2.07. The minimum atomic E-state index is -0.540. The quantitative estimate of drug-likeness (QED) is 0.664. The summed E-state index contributed by atoms with van der Waals surface area (Å²) < 4.78 is 9.86. The van der Waals surface area contributed by atoms with Crippen molar-refractivity contribution in [2.45, 2.75) is 12.8 Å². The van der Waals surface area contributed by atoms with Crippen LogP contribution in [0.1, 0.15) is 23.2 Å². The molecule has 1 aliphatic heterocycles. The van der Waals surface area contributed by atoms with Crippen molar-refractivity contribution < 1.29 is 19.1 Å². The Bertz CT molecular complexity index is 507. The average molecular weight is 285 g/mol. The zero-order valence-electron chi connectivity index (χ0n) is 10.1. The van der Waals surface area contributed by atoms with Crippen LogP contribution in [0.3, 0.4) is 0 Å². The van der Waals surface area contributed by atoms with E-state index in [0.717, 1.165) is 0 Å². The van der Waals surface area contributed by atoms with Crippen molar-refractivity contribution >= 4 is 29.2 Å². The summed E-state index contributed by atoms with van der Waals surface area (Å²) in [5.74, 6) is -0.947. The molecule has 0 radical (unpaired) electrons. The molecule has 0 unspecified atom stereocenters. The number of anilines is 1. The summed E-state index contributed by atoms with van der Waals surface area (Å²) >= 11 is 5.65. The number of carbonyl (C=O) groups excluding carboxylic acids is 2. The number of halogens is 1. The van der Waals surface area contributed by atoms with Crippen LogP contribution in [-0.4, -0.2) is 30.1 Å². The van der Waals surface area contributed by atoms with E-state index in [2.05, 4.69) is 4.98 Å². The number of aromatic nitrogens is 1. The molecule has 2 N–H and O–H groups in total. The van der Waals surface area contributed by atoms with E-state index in [-0.39, 0.29) is 34.9 Å². The minimum Gasteiger partial charge on any atom is -0.465 e. The van der Waals surface area contributed by atoms with Crippen LogP contribution < -0.4 is 5.73 Å². The Morgan fingerprint density at radius 1 is 1.63 bits per heavy atom. The second kappa shape index (κ2) is 5.88. The fourth-order valence-electron chi connectivity index (χ4n) is 1.75. The van der Waals surface area contributed by atoms with Gasteiger partial charge in [0.05, 0.1) is 30.4 Å². The van der Waals surface area contributed by atoms with Crippen molar-refractivity contribution in [1.82, 2.24) is 4.98 Å². The lowest BCUT2D eigenvalue weighted by Crippen LogP contribution is -2.14. The molecule has 1 aliphatic rings.